The molecule has 0 aliphatic heterocycles. The van der Waals surface area contributed by atoms with E-state index in [2.05, 4.69) is 9.46 Å². The summed E-state index contributed by atoms with van der Waals surface area (Å²) in [5.41, 5.74) is 0. The van der Waals surface area contributed by atoms with Crippen LogP contribution in [0.5, 0.6) is 5.75 Å². The molecule has 1 saturated carbocycles. The summed E-state index contributed by atoms with van der Waals surface area (Å²) in [4.78, 5) is -0.233. The summed E-state index contributed by atoms with van der Waals surface area (Å²) in [6, 6.07) is 4.21. The molecule has 8 heteroatoms. The Kier molecular flexibility index (Phi) is 4.48. The van der Waals surface area contributed by atoms with Gasteiger partial charge in [-0.15, -0.1) is 13.2 Å². The highest BCUT2D eigenvalue weighted by Gasteiger charge is 2.32. The van der Waals surface area contributed by atoms with E-state index in [4.69, 9.17) is 0 Å². The van der Waals surface area contributed by atoms with Crippen molar-refractivity contribution in [2.24, 2.45) is 5.92 Å². The van der Waals surface area contributed by atoms with Crippen LogP contribution in [0.4, 0.5) is 13.2 Å². The lowest BCUT2D eigenvalue weighted by Crippen LogP contribution is -2.33. The van der Waals surface area contributed by atoms with Crippen LogP contribution in [-0.2, 0) is 10.0 Å². The lowest BCUT2D eigenvalue weighted by Gasteiger charge is -2.14. The minimum Gasteiger partial charge on any atom is -0.406 e. The van der Waals surface area contributed by atoms with Gasteiger partial charge in [-0.25, -0.2) is 13.1 Å². The van der Waals surface area contributed by atoms with Gasteiger partial charge in [-0.2, -0.15) is 0 Å². The Morgan fingerprint density at radius 3 is 2.57 bits per heavy atom. The van der Waals surface area contributed by atoms with Crippen molar-refractivity contribution >= 4 is 10.0 Å². The summed E-state index contributed by atoms with van der Waals surface area (Å²) >= 11 is 0. The van der Waals surface area contributed by atoms with Gasteiger partial charge in [0.1, 0.15) is 5.75 Å². The summed E-state index contributed by atoms with van der Waals surface area (Å²) in [7, 11) is -3.84. The number of ether oxygens (including phenoxy) is 1. The molecule has 0 spiro atoms. The minimum absolute atomic E-state index is 0.169. The number of hydrogen-bond donors (Lipinski definition) is 1. The number of benzene rings is 1. The zero-order valence-electron chi connectivity index (χ0n) is 11.4. The number of hydrogen-bond acceptors (Lipinski definition) is 3. The lowest BCUT2D eigenvalue weighted by molar-refractivity contribution is -0.274. The fourth-order valence-corrected chi connectivity index (χ4v) is 3.76. The van der Waals surface area contributed by atoms with E-state index in [9.17, 15) is 21.6 Å². The zero-order chi connectivity index (χ0) is 15.7. The Morgan fingerprint density at radius 2 is 2.00 bits per heavy atom. The topological polar surface area (TPSA) is 55.4 Å². The molecule has 1 aromatic rings. The Labute approximate surface area is 121 Å². The third-order valence-corrected chi connectivity index (χ3v) is 4.88. The Morgan fingerprint density at radius 1 is 1.29 bits per heavy atom. The summed E-state index contributed by atoms with van der Waals surface area (Å²) in [5.74, 6) is -0.109. The van der Waals surface area contributed by atoms with Crippen molar-refractivity contribution in [3.8, 4) is 5.75 Å². The first kappa shape index (κ1) is 16.1. The molecule has 1 aliphatic carbocycles. The molecule has 0 heterocycles. The van der Waals surface area contributed by atoms with Gasteiger partial charge in [-0.3, -0.25) is 0 Å². The highest BCUT2D eigenvalue weighted by atomic mass is 32.2. The fraction of sp³-hybridized carbons (Fsp3) is 0.538. The Bertz CT molecular complexity index is 601. The van der Waals surface area contributed by atoms with Gasteiger partial charge in [0.05, 0.1) is 4.90 Å². The van der Waals surface area contributed by atoms with E-state index in [0.717, 1.165) is 31.4 Å². The SMILES string of the molecule is CC1CCC(NS(=O)(=O)c2cccc(OC(F)(F)F)c2)C1. The van der Waals surface area contributed by atoms with E-state index >= 15 is 0 Å². The molecular weight excluding hydrogens is 307 g/mol. The first-order valence-corrected chi connectivity index (χ1v) is 8.02. The number of nitrogens with one attached hydrogen (secondary N) is 1. The van der Waals surface area contributed by atoms with Crippen LogP contribution in [0.1, 0.15) is 26.2 Å². The molecule has 4 nitrogen and oxygen atoms in total. The molecule has 21 heavy (non-hydrogen) atoms. The molecule has 1 fully saturated rings. The van der Waals surface area contributed by atoms with Crippen molar-refractivity contribution in [1.82, 2.24) is 4.72 Å². The minimum atomic E-state index is -4.85. The van der Waals surface area contributed by atoms with Gasteiger partial charge in [0.2, 0.25) is 10.0 Å². The van der Waals surface area contributed by atoms with Crippen LogP contribution < -0.4 is 9.46 Å². The summed E-state index contributed by atoms with van der Waals surface area (Å²) in [6.45, 7) is 2.03. The molecule has 2 rings (SSSR count). The van der Waals surface area contributed by atoms with E-state index in [0.29, 0.717) is 5.92 Å². The summed E-state index contributed by atoms with van der Waals surface area (Å²) in [6.07, 6.45) is -2.45. The van der Waals surface area contributed by atoms with E-state index in [1.165, 1.54) is 12.1 Å². The quantitative estimate of drug-likeness (QED) is 0.926. The van der Waals surface area contributed by atoms with Crippen molar-refractivity contribution < 1.29 is 26.3 Å². The van der Waals surface area contributed by atoms with E-state index in [-0.39, 0.29) is 10.9 Å². The molecule has 2 atom stereocenters. The van der Waals surface area contributed by atoms with Crippen molar-refractivity contribution in [1.29, 1.82) is 0 Å². The average molecular weight is 323 g/mol. The second kappa shape index (κ2) is 5.84. The van der Waals surface area contributed by atoms with Crippen LogP contribution in [0.2, 0.25) is 0 Å². The molecule has 2 unspecified atom stereocenters. The van der Waals surface area contributed by atoms with Gasteiger partial charge < -0.3 is 4.74 Å². The van der Waals surface area contributed by atoms with Gasteiger partial charge in [-0.05, 0) is 37.3 Å². The molecule has 0 saturated heterocycles. The lowest BCUT2D eigenvalue weighted by atomic mass is 10.1. The van der Waals surface area contributed by atoms with Gasteiger partial charge in [-0.1, -0.05) is 13.0 Å². The molecule has 1 N–H and O–H groups in total. The van der Waals surface area contributed by atoms with Crippen LogP contribution in [-0.4, -0.2) is 20.8 Å². The fourth-order valence-electron chi connectivity index (χ4n) is 2.44. The molecule has 0 aromatic heterocycles. The van der Waals surface area contributed by atoms with Crippen molar-refractivity contribution in [3.05, 3.63) is 24.3 Å². The normalized spacial score (nSPS) is 23.2. The van der Waals surface area contributed by atoms with Crippen molar-refractivity contribution in [3.63, 3.8) is 0 Å². The van der Waals surface area contributed by atoms with Crippen LogP contribution >= 0.6 is 0 Å². The monoisotopic (exact) mass is 323 g/mol. The largest absolute Gasteiger partial charge is 0.573 e. The van der Waals surface area contributed by atoms with Gasteiger partial charge in [0.25, 0.3) is 0 Å². The second-order valence-corrected chi connectivity index (χ2v) is 6.97. The third kappa shape index (κ3) is 4.60. The maximum absolute atomic E-state index is 12.2. The van der Waals surface area contributed by atoms with Gasteiger partial charge in [0, 0.05) is 12.1 Å². The highest BCUT2D eigenvalue weighted by molar-refractivity contribution is 7.89. The highest BCUT2D eigenvalue weighted by Crippen LogP contribution is 2.28. The van der Waals surface area contributed by atoms with Crippen LogP contribution in [0.25, 0.3) is 0 Å². The Hall–Kier alpha value is -1.28. The molecule has 0 bridgehead atoms. The van der Waals surface area contributed by atoms with Gasteiger partial charge >= 0.3 is 6.36 Å². The molecule has 0 amide bonds. The first-order chi connectivity index (χ1) is 9.66. The van der Waals surface area contributed by atoms with E-state index in [1.807, 2.05) is 6.92 Å². The van der Waals surface area contributed by atoms with Crippen LogP contribution in [0.3, 0.4) is 0 Å². The number of sulfonamides is 1. The molecule has 0 radical (unpaired) electrons. The van der Waals surface area contributed by atoms with Crippen molar-refractivity contribution in [2.75, 3.05) is 0 Å². The third-order valence-electron chi connectivity index (χ3n) is 3.37. The van der Waals surface area contributed by atoms with Crippen molar-refractivity contribution in [2.45, 2.75) is 43.5 Å². The van der Waals surface area contributed by atoms with Crippen LogP contribution in [0.15, 0.2) is 29.2 Å². The molecule has 1 aromatic carbocycles. The average Bonchev–Trinajstić information content (AvgIpc) is 2.72. The predicted octanol–water partition coefficient (Wildman–Crippen LogP) is 3.05. The Balaban J connectivity index is 2.14. The maximum atomic E-state index is 12.2. The zero-order valence-corrected chi connectivity index (χ0v) is 12.2. The summed E-state index contributed by atoms with van der Waals surface area (Å²) < 4.78 is 67.0. The standard InChI is InChI=1S/C13H16F3NO3S/c1-9-5-6-10(7-9)17-21(18,19)12-4-2-3-11(8-12)20-13(14,15)16/h2-4,8-10,17H,5-7H2,1H3. The molecule has 118 valence electrons. The first-order valence-electron chi connectivity index (χ1n) is 6.54. The smallest absolute Gasteiger partial charge is 0.406 e. The van der Waals surface area contributed by atoms with Crippen LogP contribution in [0, 0.1) is 5.92 Å². The maximum Gasteiger partial charge on any atom is 0.573 e. The van der Waals surface area contributed by atoms with E-state index < -0.39 is 22.1 Å². The number of halogens is 3. The second-order valence-electron chi connectivity index (χ2n) is 5.26. The number of rotatable bonds is 4. The number of alkyl halides is 3. The molecular formula is C13H16F3NO3S. The van der Waals surface area contributed by atoms with Gasteiger partial charge in [0.15, 0.2) is 0 Å². The predicted molar refractivity (Wildman–Crippen MR) is 70.2 cm³/mol. The summed E-state index contributed by atoms with van der Waals surface area (Å²) in [5, 5.41) is 0. The molecule has 1 aliphatic rings. The van der Waals surface area contributed by atoms with E-state index in [1.54, 1.807) is 0 Å².